The van der Waals surface area contributed by atoms with E-state index in [-0.39, 0.29) is 30.0 Å². The number of benzene rings is 1. The Kier molecular flexibility index (Phi) is 8.32. The summed E-state index contributed by atoms with van der Waals surface area (Å²) < 4.78 is 2.00. The summed E-state index contributed by atoms with van der Waals surface area (Å²) in [7, 11) is 4.29. The maximum absolute atomic E-state index is 4.90. The Morgan fingerprint density at radius 1 is 1.13 bits per heavy atom. The van der Waals surface area contributed by atoms with E-state index >= 15 is 0 Å². The highest BCUT2D eigenvalue weighted by atomic mass is 127. The number of aryl methyl sites for hydroxylation is 1. The van der Waals surface area contributed by atoms with Gasteiger partial charge in [0.1, 0.15) is 12.4 Å². The number of aromatic nitrogens is 3. The van der Waals surface area contributed by atoms with Crippen molar-refractivity contribution in [2.75, 3.05) is 7.05 Å². The molecule has 1 aromatic heterocycles. The lowest BCUT2D eigenvalue weighted by Crippen LogP contribution is -2.56. The van der Waals surface area contributed by atoms with E-state index in [0.717, 1.165) is 17.6 Å². The van der Waals surface area contributed by atoms with E-state index in [2.05, 4.69) is 70.0 Å². The fourth-order valence-corrected chi connectivity index (χ4v) is 4.83. The number of piperidine rings is 2. The van der Waals surface area contributed by atoms with Gasteiger partial charge < -0.3 is 20.1 Å². The number of hydrogen-bond donors (Lipinski definition) is 2. The topological polar surface area (TPSA) is 70.4 Å². The molecule has 170 valence electrons. The average Bonchev–Trinajstić information content (AvgIpc) is 3.05. The molecule has 1 aromatic carbocycles. The minimum atomic E-state index is 0. The summed E-state index contributed by atoms with van der Waals surface area (Å²) in [6.07, 6.45) is 6.34. The first-order chi connectivity index (χ1) is 14.5. The summed E-state index contributed by atoms with van der Waals surface area (Å²) >= 11 is 0. The van der Waals surface area contributed by atoms with Crippen LogP contribution in [-0.4, -0.2) is 50.8 Å². The molecule has 0 spiro atoms. The van der Waals surface area contributed by atoms with Crippen LogP contribution in [0.4, 0.5) is 0 Å². The van der Waals surface area contributed by atoms with E-state index in [1.165, 1.54) is 37.7 Å². The predicted molar refractivity (Wildman–Crippen MR) is 136 cm³/mol. The van der Waals surface area contributed by atoms with Crippen molar-refractivity contribution in [3.05, 3.63) is 47.5 Å². The second-order valence-corrected chi connectivity index (χ2v) is 8.88. The normalized spacial score (nSPS) is 24.9. The van der Waals surface area contributed by atoms with Crippen LogP contribution in [0.2, 0.25) is 0 Å². The van der Waals surface area contributed by atoms with Gasteiger partial charge >= 0.3 is 0 Å². The second-order valence-electron chi connectivity index (χ2n) is 8.88. The summed E-state index contributed by atoms with van der Waals surface area (Å²) in [6.45, 7) is 4.66. The monoisotopic (exact) mass is 537 g/mol. The maximum atomic E-state index is 4.90. The zero-order valence-electron chi connectivity index (χ0n) is 19.1. The first-order valence-electron chi connectivity index (χ1n) is 11.2. The molecule has 3 atom stereocenters. The smallest absolute Gasteiger partial charge is 0.192 e. The standard InChI is InChI=1S/C23H35N7.HI/c1-16(18-9-6-5-7-10-18)25-23(24-15-22-28-27-17(2)29(22)3)26-19-13-20-11-8-12-21(14-19)30(20)4;/h5-7,9-10,16,19-21H,8,11-15H2,1-4H3,(H2,24,25,26);1H. The molecule has 0 aliphatic carbocycles. The molecule has 2 aliphatic heterocycles. The van der Waals surface area contributed by atoms with E-state index in [1.54, 1.807) is 0 Å². The van der Waals surface area contributed by atoms with Crippen molar-refractivity contribution in [2.24, 2.45) is 12.0 Å². The molecular weight excluding hydrogens is 501 g/mol. The van der Waals surface area contributed by atoms with E-state index in [9.17, 15) is 0 Å². The van der Waals surface area contributed by atoms with Crippen molar-refractivity contribution in [2.45, 2.75) is 76.7 Å². The Morgan fingerprint density at radius 3 is 2.42 bits per heavy atom. The van der Waals surface area contributed by atoms with Crippen LogP contribution in [0.1, 0.15) is 62.3 Å². The lowest BCUT2D eigenvalue weighted by atomic mass is 9.82. The van der Waals surface area contributed by atoms with Crippen LogP contribution in [0.15, 0.2) is 35.3 Å². The molecule has 31 heavy (non-hydrogen) atoms. The number of nitrogens with one attached hydrogen (secondary N) is 2. The van der Waals surface area contributed by atoms with Gasteiger partial charge in [0, 0.05) is 25.2 Å². The molecule has 3 heterocycles. The molecule has 2 bridgehead atoms. The van der Waals surface area contributed by atoms with Crippen molar-refractivity contribution in [1.82, 2.24) is 30.3 Å². The Balaban J connectivity index is 0.00000272. The largest absolute Gasteiger partial charge is 0.354 e. The summed E-state index contributed by atoms with van der Waals surface area (Å²) in [4.78, 5) is 7.50. The van der Waals surface area contributed by atoms with Gasteiger partial charge in [-0.1, -0.05) is 36.8 Å². The van der Waals surface area contributed by atoms with Crippen molar-refractivity contribution in [3.63, 3.8) is 0 Å². The Morgan fingerprint density at radius 2 is 1.81 bits per heavy atom. The minimum Gasteiger partial charge on any atom is -0.354 e. The van der Waals surface area contributed by atoms with Crippen molar-refractivity contribution in [1.29, 1.82) is 0 Å². The van der Waals surface area contributed by atoms with E-state index in [4.69, 9.17) is 4.99 Å². The van der Waals surface area contributed by atoms with E-state index in [0.29, 0.717) is 24.7 Å². The number of halogens is 1. The zero-order chi connectivity index (χ0) is 21.1. The Bertz CT molecular complexity index is 852. The highest BCUT2D eigenvalue weighted by Gasteiger charge is 2.36. The van der Waals surface area contributed by atoms with Crippen molar-refractivity contribution < 1.29 is 0 Å². The highest BCUT2D eigenvalue weighted by Crippen LogP contribution is 2.32. The molecule has 4 rings (SSSR count). The van der Waals surface area contributed by atoms with E-state index in [1.807, 2.05) is 18.5 Å². The van der Waals surface area contributed by atoms with Gasteiger partial charge in [-0.2, -0.15) is 0 Å². The van der Waals surface area contributed by atoms with Crippen molar-refractivity contribution in [3.8, 4) is 0 Å². The molecule has 0 amide bonds. The molecule has 2 aliphatic rings. The molecule has 7 nitrogen and oxygen atoms in total. The van der Waals surface area contributed by atoms with Gasteiger partial charge in [0.25, 0.3) is 0 Å². The quantitative estimate of drug-likeness (QED) is 0.347. The number of nitrogens with zero attached hydrogens (tertiary/aromatic N) is 5. The van der Waals surface area contributed by atoms with Gasteiger partial charge in [0.15, 0.2) is 11.8 Å². The highest BCUT2D eigenvalue weighted by molar-refractivity contribution is 14.0. The minimum absolute atomic E-state index is 0. The number of hydrogen-bond acceptors (Lipinski definition) is 4. The van der Waals surface area contributed by atoms with E-state index < -0.39 is 0 Å². The van der Waals surface area contributed by atoms with Gasteiger partial charge in [-0.05, 0) is 52.1 Å². The van der Waals surface area contributed by atoms with Crippen LogP contribution in [0, 0.1) is 6.92 Å². The Labute approximate surface area is 203 Å². The fraction of sp³-hybridized carbons (Fsp3) is 0.609. The molecule has 8 heteroatoms. The SMILES string of the molecule is Cc1nnc(CN=C(NC2CC3CCCC(C2)N3C)NC(C)c2ccccc2)n1C.I. The molecule has 0 saturated carbocycles. The van der Waals surface area contributed by atoms with Gasteiger partial charge in [-0.25, -0.2) is 4.99 Å². The summed E-state index contributed by atoms with van der Waals surface area (Å²) in [5, 5.41) is 15.8. The average molecular weight is 537 g/mol. The predicted octanol–water partition coefficient (Wildman–Crippen LogP) is 3.55. The molecule has 0 radical (unpaired) electrons. The van der Waals surface area contributed by atoms with Crippen molar-refractivity contribution >= 4 is 29.9 Å². The molecule has 2 aromatic rings. The van der Waals surface area contributed by atoms with Crippen LogP contribution in [0.5, 0.6) is 0 Å². The van der Waals surface area contributed by atoms with Gasteiger partial charge in [-0.3, -0.25) is 0 Å². The fourth-order valence-electron chi connectivity index (χ4n) is 4.83. The first kappa shape index (κ1) is 24.0. The third-order valence-electron chi connectivity index (χ3n) is 6.89. The lowest BCUT2D eigenvalue weighted by Gasteiger charge is -2.47. The lowest BCUT2D eigenvalue weighted by molar-refractivity contribution is 0.0526. The van der Waals surface area contributed by atoms with Crippen LogP contribution < -0.4 is 10.6 Å². The van der Waals surface area contributed by atoms with Gasteiger partial charge in [0.05, 0.1) is 6.04 Å². The number of fused-ring (bicyclic) bond motifs is 2. The zero-order valence-corrected chi connectivity index (χ0v) is 21.4. The van der Waals surface area contributed by atoms with Crippen LogP contribution in [0.3, 0.4) is 0 Å². The molecule has 3 unspecified atom stereocenters. The molecule has 2 saturated heterocycles. The van der Waals surface area contributed by atoms with Crippen LogP contribution >= 0.6 is 24.0 Å². The first-order valence-corrected chi connectivity index (χ1v) is 11.2. The third kappa shape index (κ3) is 5.77. The van der Waals surface area contributed by atoms with Crippen LogP contribution in [0.25, 0.3) is 0 Å². The number of guanidine groups is 1. The number of aliphatic imine (C=N–C) groups is 1. The summed E-state index contributed by atoms with van der Waals surface area (Å²) in [5.41, 5.74) is 1.25. The maximum Gasteiger partial charge on any atom is 0.192 e. The van der Waals surface area contributed by atoms with Gasteiger partial charge in [0.2, 0.25) is 0 Å². The van der Waals surface area contributed by atoms with Gasteiger partial charge in [-0.15, -0.1) is 34.2 Å². The Hall–Kier alpha value is -1.68. The van der Waals surface area contributed by atoms with Crippen LogP contribution in [-0.2, 0) is 13.6 Å². The molecular formula is C23H36IN7. The summed E-state index contributed by atoms with van der Waals surface area (Å²) in [5.74, 6) is 2.64. The second kappa shape index (κ2) is 10.8. The molecule has 2 fully saturated rings. The number of rotatable bonds is 5. The third-order valence-corrected chi connectivity index (χ3v) is 6.89. The summed E-state index contributed by atoms with van der Waals surface area (Å²) in [6, 6.07) is 12.5. The molecule has 2 N–H and O–H groups in total.